The number of anilines is 1. The van der Waals surface area contributed by atoms with E-state index in [-0.39, 0.29) is 0 Å². The van der Waals surface area contributed by atoms with Gasteiger partial charge in [0.05, 0.1) is 0 Å². The van der Waals surface area contributed by atoms with E-state index in [1.807, 2.05) is 13.8 Å². The summed E-state index contributed by atoms with van der Waals surface area (Å²) < 4.78 is 0. The second-order valence-corrected chi connectivity index (χ2v) is 4.09. The molecule has 1 aliphatic rings. The highest BCUT2D eigenvalue weighted by Crippen LogP contribution is 2.44. The van der Waals surface area contributed by atoms with Crippen LogP contribution in [0.3, 0.4) is 0 Å². The first kappa shape index (κ1) is 11.4. The number of rotatable bonds is 2. The molecule has 78 valence electrons. The van der Waals surface area contributed by atoms with E-state index < -0.39 is 0 Å². The molecule has 1 fully saturated rings. The van der Waals surface area contributed by atoms with E-state index in [2.05, 4.69) is 24.5 Å². The van der Waals surface area contributed by atoms with Crippen molar-refractivity contribution in [2.75, 3.05) is 12.0 Å². The Morgan fingerprint density at radius 1 is 1.29 bits per heavy atom. The fourth-order valence-electron chi connectivity index (χ4n) is 1.49. The van der Waals surface area contributed by atoms with Gasteiger partial charge in [-0.2, -0.15) is 0 Å². The van der Waals surface area contributed by atoms with Gasteiger partial charge in [-0.05, 0) is 36.6 Å². The van der Waals surface area contributed by atoms with Crippen molar-refractivity contribution in [3.63, 3.8) is 0 Å². The molecule has 0 atom stereocenters. The SMILES string of the molecule is CC.CSc1cccc(C2CC2)c1N. The maximum atomic E-state index is 6.01. The van der Waals surface area contributed by atoms with Gasteiger partial charge in [-0.25, -0.2) is 0 Å². The Balaban J connectivity index is 0.000000461. The average molecular weight is 209 g/mol. The van der Waals surface area contributed by atoms with E-state index in [1.54, 1.807) is 11.8 Å². The fourth-order valence-corrected chi connectivity index (χ4v) is 2.04. The predicted octanol–water partition coefficient (Wildman–Crippen LogP) is 3.89. The number of thioether (sulfide) groups is 1. The van der Waals surface area contributed by atoms with Crippen LogP contribution < -0.4 is 5.73 Å². The monoisotopic (exact) mass is 209 g/mol. The molecule has 0 aromatic heterocycles. The molecule has 0 radical (unpaired) electrons. The number of benzene rings is 1. The molecule has 1 aromatic rings. The van der Waals surface area contributed by atoms with Gasteiger partial charge in [-0.3, -0.25) is 0 Å². The molecule has 0 aliphatic heterocycles. The lowest BCUT2D eigenvalue weighted by Gasteiger charge is -2.07. The molecule has 14 heavy (non-hydrogen) atoms. The second kappa shape index (κ2) is 5.30. The Morgan fingerprint density at radius 2 is 1.93 bits per heavy atom. The average Bonchev–Trinajstić information content (AvgIpc) is 3.05. The van der Waals surface area contributed by atoms with Gasteiger partial charge in [0.15, 0.2) is 0 Å². The van der Waals surface area contributed by atoms with Crippen molar-refractivity contribution in [1.82, 2.24) is 0 Å². The Labute approximate surface area is 91.1 Å². The standard InChI is InChI=1S/C10H13NS.C2H6/c1-12-9-4-2-3-8(10(9)11)7-5-6-7;1-2/h2-4,7H,5-6,11H2,1H3;1-2H3. The van der Waals surface area contributed by atoms with Crippen LogP contribution in [0.4, 0.5) is 5.69 Å². The van der Waals surface area contributed by atoms with Gasteiger partial charge in [0.25, 0.3) is 0 Å². The largest absolute Gasteiger partial charge is 0.398 e. The fraction of sp³-hybridized carbons (Fsp3) is 0.500. The van der Waals surface area contributed by atoms with Crippen LogP contribution in [-0.4, -0.2) is 6.26 Å². The maximum absolute atomic E-state index is 6.01. The first-order valence-corrected chi connectivity index (χ1v) is 6.47. The van der Waals surface area contributed by atoms with Crippen molar-refractivity contribution in [1.29, 1.82) is 0 Å². The summed E-state index contributed by atoms with van der Waals surface area (Å²) in [6.45, 7) is 4.00. The van der Waals surface area contributed by atoms with Crippen LogP contribution in [-0.2, 0) is 0 Å². The molecule has 0 unspecified atom stereocenters. The van der Waals surface area contributed by atoms with Crippen LogP contribution in [0, 0.1) is 0 Å². The van der Waals surface area contributed by atoms with Crippen molar-refractivity contribution in [3.05, 3.63) is 23.8 Å². The molecule has 1 aromatic carbocycles. The minimum absolute atomic E-state index is 0.761. The van der Waals surface area contributed by atoms with Crippen molar-refractivity contribution in [2.45, 2.75) is 37.5 Å². The van der Waals surface area contributed by atoms with E-state index in [0.29, 0.717) is 0 Å². The minimum atomic E-state index is 0.761. The van der Waals surface area contributed by atoms with Crippen molar-refractivity contribution in [3.8, 4) is 0 Å². The molecule has 2 rings (SSSR count). The first-order chi connectivity index (χ1) is 6.83. The van der Waals surface area contributed by atoms with Crippen LogP contribution in [0.25, 0.3) is 0 Å². The third kappa shape index (κ3) is 2.44. The maximum Gasteiger partial charge on any atom is 0.0487 e. The zero-order valence-corrected chi connectivity index (χ0v) is 10.0. The third-order valence-corrected chi connectivity index (χ3v) is 3.13. The molecule has 2 N–H and O–H groups in total. The lowest BCUT2D eigenvalue weighted by molar-refractivity contribution is 1.12. The second-order valence-electron chi connectivity index (χ2n) is 3.24. The Hall–Kier alpha value is -0.630. The first-order valence-electron chi connectivity index (χ1n) is 5.25. The predicted molar refractivity (Wildman–Crippen MR) is 66.0 cm³/mol. The third-order valence-electron chi connectivity index (χ3n) is 2.34. The van der Waals surface area contributed by atoms with Gasteiger partial charge in [-0.1, -0.05) is 26.0 Å². The van der Waals surface area contributed by atoms with E-state index >= 15 is 0 Å². The van der Waals surface area contributed by atoms with Crippen molar-refractivity contribution < 1.29 is 0 Å². The summed E-state index contributed by atoms with van der Waals surface area (Å²) in [6, 6.07) is 6.36. The highest BCUT2D eigenvalue weighted by atomic mass is 32.2. The molecule has 0 spiro atoms. The zero-order chi connectivity index (χ0) is 10.6. The van der Waals surface area contributed by atoms with Gasteiger partial charge in [0.2, 0.25) is 0 Å². The van der Waals surface area contributed by atoms with Gasteiger partial charge in [-0.15, -0.1) is 11.8 Å². The Bertz CT molecular complexity index is 292. The summed E-state index contributed by atoms with van der Waals surface area (Å²) in [6.07, 6.45) is 4.71. The number of nitrogen functional groups attached to an aromatic ring is 1. The van der Waals surface area contributed by atoms with E-state index in [9.17, 15) is 0 Å². The summed E-state index contributed by atoms with van der Waals surface area (Å²) in [7, 11) is 0. The van der Waals surface area contributed by atoms with Crippen LogP contribution in [0.15, 0.2) is 23.1 Å². The summed E-state index contributed by atoms with van der Waals surface area (Å²) in [5.41, 5.74) is 8.38. The molecule has 2 heteroatoms. The number of para-hydroxylation sites is 1. The highest BCUT2D eigenvalue weighted by Gasteiger charge is 2.25. The summed E-state index contributed by atoms with van der Waals surface area (Å²) in [4.78, 5) is 1.22. The summed E-state index contributed by atoms with van der Waals surface area (Å²) in [5.74, 6) is 0.761. The number of nitrogens with two attached hydrogens (primary N) is 1. The van der Waals surface area contributed by atoms with Crippen molar-refractivity contribution >= 4 is 17.4 Å². The lowest BCUT2D eigenvalue weighted by Crippen LogP contribution is -1.94. The quantitative estimate of drug-likeness (QED) is 0.590. The van der Waals surface area contributed by atoms with E-state index in [0.717, 1.165) is 11.6 Å². The lowest BCUT2D eigenvalue weighted by atomic mass is 10.1. The molecular weight excluding hydrogens is 190 g/mol. The van der Waals surface area contributed by atoms with Crippen molar-refractivity contribution in [2.24, 2.45) is 0 Å². The number of hydrogen-bond donors (Lipinski definition) is 1. The summed E-state index contributed by atoms with van der Waals surface area (Å²) >= 11 is 1.73. The van der Waals surface area contributed by atoms with Gasteiger partial charge in [0.1, 0.15) is 0 Å². The molecular formula is C12H19NS. The van der Waals surface area contributed by atoms with Gasteiger partial charge >= 0.3 is 0 Å². The molecule has 0 bridgehead atoms. The molecule has 0 heterocycles. The Morgan fingerprint density at radius 3 is 2.43 bits per heavy atom. The van der Waals surface area contributed by atoms with Gasteiger partial charge in [0, 0.05) is 10.6 Å². The smallest absolute Gasteiger partial charge is 0.0487 e. The van der Waals surface area contributed by atoms with E-state index in [4.69, 9.17) is 5.73 Å². The van der Waals surface area contributed by atoms with Gasteiger partial charge < -0.3 is 5.73 Å². The topological polar surface area (TPSA) is 26.0 Å². The molecule has 1 saturated carbocycles. The molecule has 1 aliphatic carbocycles. The van der Waals surface area contributed by atoms with E-state index in [1.165, 1.54) is 23.3 Å². The summed E-state index contributed by atoms with van der Waals surface area (Å²) in [5, 5.41) is 0. The molecule has 0 amide bonds. The number of hydrogen-bond acceptors (Lipinski definition) is 2. The normalized spacial score (nSPS) is 14.5. The van der Waals surface area contributed by atoms with Crippen LogP contribution in [0.2, 0.25) is 0 Å². The zero-order valence-electron chi connectivity index (χ0n) is 9.21. The van der Waals surface area contributed by atoms with Crippen LogP contribution >= 0.6 is 11.8 Å². The Kier molecular flexibility index (Phi) is 4.33. The molecule has 0 saturated heterocycles. The highest BCUT2D eigenvalue weighted by molar-refractivity contribution is 7.98. The minimum Gasteiger partial charge on any atom is -0.398 e. The van der Waals surface area contributed by atoms with Crippen LogP contribution in [0.5, 0.6) is 0 Å². The van der Waals surface area contributed by atoms with Crippen LogP contribution in [0.1, 0.15) is 38.2 Å². The molecule has 1 nitrogen and oxygen atoms in total.